The van der Waals surface area contributed by atoms with Crippen molar-refractivity contribution in [1.29, 1.82) is 0 Å². The molecule has 0 aliphatic rings. The first kappa shape index (κ1) is 53.0. The highest BCUT2D eigenvalue weighted by atomic mass is 16.6. The lowest BCUT2D eigenvalue weighted by Gasteiger charge is -2.12. The summed E-state index contributed by atoms with van der Waals surface area (Å²) in [6.45, 7) is 7.50. The van der Waals surface area contributed by atoms with E-state index in [1.54, 1.807) is 37.3 Å². The minimum absolute atomic E-state index is 0.197. The molecule has 0 amide bonds. The van der Waals surface area contributed by atoms with Gasteiger partial charge in [0.15, 0.2) is 0 Å². The highest BCUT2D eigenvalue weighted by Gasteiger charge is 2.17. The molecule has 0 N–H and O–H groups in total. The zero-order valence-electron chi connectivity index (χ0n) is 40.6. The third-order valence-electron chi connectivity index (χ3n) is 11.4. The highest BCUT2D eigenvalue weighted by molar-refractivity contribution is 5.93. The van der Waals surface area contributed by atoms with E-state index in [0.717, 1.165) is 35.5 Å². The molecule has 0 radical (unpaired) electrons. The van der Waals surface area contributed by atoms with Crippen molar-refractivity contribution in [3.8, 4) is 34.5 Å². The SMILES string of the molecule is CCCCCCCCCCOc1ccc(/C=C/C(=O)Oc2ccc(C(=O)Oc3cccc(OC(=O)c4ccc(OC(=O)/C=C/c5ccc(OCCCCCCCCCC)cc5)cc4)c3C)cc2)cc1. The summed E-state index contributed by atoms with van der Waals surface area (Å²) in [5, 5.41) is 0. The highest BCUT2D eigenvalue weighted by Crippen LogP contribution is 2.29. The van der Waals surface area contributed by atoms with Crippen LogP contribution < -0.4 is 28.4 Å². The lowest BCUT2D eigenvalue weighted by molar-refractivity contribution is -0.129. The molecule has 0 fully saturated rings. The van der Waals surface area contributed by atoms with Crippen molar-refractivity contribution in [3.63, 3.8) is 0 Å². The van der Waals surface area contributed by atoms with Crippen LogP contribution in [0.25, 0.3) is 12.2 Å². The number of carbonyl (C=O) groups excluding carboxylic acids is 4. The Morgan fingerprint density at radius 1 is 0.391 bits per heavy atom. The summed E-state index contributed by atoms with van der Waals surface area (Å²) in [6, 6.07) is 31.8. The molecule has 0 saturated carbocycles. The molecule has 0 saturated heterocycles. The summed E-state index contributed by atoms with van der Waals surface area (Å²) in [5.74, 6) is 0.0349. The van der Waals surface area contributed by atoms with Crippen LogP contribution in [0, 0.1) is 6.92 Å². The van der Waals surface area contributed by atoms with Gasteiger partial charge in [0, 0.05) is 17.7 Å². The quantitative estimate of drug-likeness (QED) is 0.0190. The maximum atomic E-state index is 13.1. The predicted molar refractivity (Wildman–Crippen MR) is 272 cm³/mol. The lowest BCUT2D eigenvalue weighted by Crippen LogP contribution is -2.12. The van der Waals surface area contributed by atoms with Crippen molar-refractivity contribution < 1.29 is 47.6 Å². The number of rotatable bonds is 30. The molecule has 0 spiro atoms. The van der Waals surface area contributed by atoms with E-state index in [-0.39, 0.29) is 34.1 Å². The molecule has 10 heteroatoms. The van der Waals surface area contributed by atoms with E-state index in [1.165, 1.54) is 151 Å². The van der Waals surface area contributed by atoms with Crippen LogP contribution in [0.4, 0.5) is 0 Å². The van der Waals surface area contributed by atoms with Gasteiger partial charge in [0.1, 0.15) is 34.5 Å². The summed E-state index contributed by atoms with van der Waals surface area (Å²) in [6.07, 6.45) is 26.0. The van der Waals surface area contributed by atoms with Gasteiger partial charge in [-0.2, -0.15) is 0 Å². The fourth-order valence-electron chi connectivity index (χ4n) is 7.28. The molecule has 10 nitrogen and oxygen atoms in total. The summed E-state index contributed by atoms with van der Waals surface area (Å²) >= 11 is 0. The summed E-state index contributed by atoms with van der Waals surface area (Å²) < 4.78 is 33.9. The third kappa shape index (κ3) is 20.1. The molecule has 364 valence electrons. The van der Waals surface area contributed by atoms with Gasteiger partial charge in [0.25, 0.3) is 0 Å². The van der Waals surface area contributed by atoms with Crippen molar-refractivity contribution in [2.75, 3.05) is 13.2 Å². The zero-order chi connectivity index (χ0) is 48.9. The molecule has 0 aromatic heterocycles. The molecule has 5 aromatic carbocycles. The van der Waals surface area contributed by atoms with Gasteiger partial charge in [0.2, 0.25) is 0 Å². The van der Waals surface area contributed by atoms with Crippen LogP contribution in [-0.2, 0) is 9.59 Å². The fourth-order valence-corrected chi connectivity index (χ4v) is 7.28. The van der Waals surface area contributed by atoms with E-state index in [2.05, 4.69) is 13.8 Å². The van der Waals surface area contributed by atoms with E-state index in [0.29, 0.717) is 18.8 Å². The Kier molecular flexibility index (Phi) is 23.4. The first-order chi connectivity index (χ1) is 33.7. The number of hydrogen-bond donors (Lipinski definition) is 0. The van der Waals surface area contributed by atoms with E-state index < -0.39 is 23.9 Å². The topological polar surface area (TPSA) is 124 Å². The smallest absolute Gasteiger partial charge is 0.343 e. The maximum absolute atomic E-state index is 13.1. The average molecular weight is 937 g/mol. The number of ether oxygens (including phenoxy) is 6. The minimum atomic E-state index is -0.656. The molecule has 0 aliphatic heterocycles. The molecule has 0 unspecified atom stereocenters. The lowest BCUT2D eigenvalue weighted by atomic mass is 10.1. The van der Waals surface area contributed by atoms with Gasteiger partial charge in [-0.15, -0.1) is 0 Å². The average Bonchev–Trinajstić information content (AvgIpc) is 3.36. The molecule has 69 heavy (non-hydrogen) atoms. The Morgan fingerprint density at radius 3 is 1.09 bits per heavy atom. The summed E-state index contributed by atoms with van der Waals surface area (Å²) in [5.41, 5.74) is 2.51. The fraction of sp³-hybridized carbons (Fsp3) is 0.356. The number of hydrogen-bond acceptors (Lipinski definition) is 10. The van der Waals surface area contributed by atoms with Crippen LogP contribution in [0.15, 0.2) is 127 Å². The summed E-state index contributed by atoms with van der Waals surface area (Å²) in [7, 11) is 0. The number of benzene rings is 5. The predicted octanol–water partition coefficient (Wildman–Crippen LogP) is 14.7. The van der Waals surface area contributed by atoms with Crippen molar-refractivity contribution in [2.45, 2.75) is 124 Å². The molecular weight excluding hydrogens is 869 g/mol. The zero-order valence-corrected chi connectivity index (χ0v) is 40.6. The number of carbonyl (C=O) groups is 4. The first-order valence-corrected chi connectivity index (χ1v) is 24.7. The molecular formula is C59H68O10. The molecule has 5 rings (SSSR count). The standard InChI is InChI=1S/C59H68O10/c1-4-6-8-10-12-14-16-18-43-64-50-33-23-46(24-34-50)27-41-56(60)66-52-37-29-48(30-38-52)58(62)68-54-21-20-22-55(45(54)3)69-59(63)49-31-39-53(40-32-49)67-57(61)42-28-47-25-35-51(36-26-47)65-44-19-17-15-13-11-9-7-5-2/h20-42H,4-19,43-44H2,1-3H3/b41-27+,42-28+. The van der Waals surface area contributed by atoms with E-state index >= 15 is 0 Å². The van der Waals surface area contributed by atoms with Crippen molar-refractivity contribution >= 4 is 36.0 Å². The van der Waals surface area contributed by atoms with Crippen LogP contribution in [0.3, 0.4) is 0 Å². The molecule has 0 atom stereocenters. The van der Waals surface area contributed by atoms with Gasteiger partial charge in [-0.25, -0.2) is 19.2 Å². The normalized spacial score (nSPS) is 11.1. The molecule has 0 aliphatic carbocycles. The van der Waals surface area contributed by atoms with E-state index in [4.69, 9.17) is 28.4 Å². The van der Waals surface area contributed by atoms with Crippen LogP contribution in [0.2, 0.25) is 0 Å². The Balaban J connectivity index is 1.00. The summed E-state index contributed by atoms with van der Waals surface area (Å²) in [4.78, 5) is 51.3. The molecule has 0 bridgehead atoms. The Bertz CT molecular complexity index is 2220. The van der Waals surface area contributed by atoms with Gasteiger partial charge in [0.05, 0.1) is 24.3 Å². The van der Waals surface area contributed by atoms with Gasteiger partial charge >= 0.3 is 23.9 Å². The number of esters is 4. The van der Waals surface area contributed by atoms with Crippen LogP contribution in [-0.4, -0.2) is 37.1 Å². The number of unbranched alkanes of at least 4 members (excludes halogenated alkanes) is 14. The van der Waals surface area contributed by atoms with Gasteiger partial charge < -0.3 is 28.4 Å². The van der Waals surface area contributed by atoms with Gasteiger partial charge in [-0.1, -0.05) is 134 Å². The Morgan fingerprint density at radius 2 is 0.725 bits per heavy atom. The second-order valence-electron chi connectivity index (χ2n) is 17.0. The van der Waals surface area contributed by atoms with Gasteiger partial charge in [-0.3, -0.25) is 0 Å². The monoisotopic (exact) mass is 936 g/mol. The second-order valence-corrected chi connectivity index (χ2v) is 17.0. The minimum Gasteiger partial charge on any atom is -0.494 e. The van der Waals surface area contributed by atoms with Crippen LogP contribution in [0.5, 0.6) is 34.5 Å². The van der Waals surface area contributed by atoms with E-state index in [9.17, 15) is 19.2 Å². The first-order valence-electron chi connectivity index (χ1n) is 24.7. The molecule has 0 heterocycles. The Hall–Kier alpha value is -6.94. The molecule has 5 aromatic rings. The second kappa shape index (κ2) is 30.4. The van der Waals surface area contributed by atoms with Crippen molar-refractivity contribution in [3.05, 3.63) is 155 Å². The van der Waals surface area contributed by atoms with Gasteiger partial charge in [-0.05, 0) is 128 Å². The van der Waals surface area contributed by atoms with Crippen LogP contribution in [0.1, 0.15) is 154 Å². The largest absolute Gasteiger partial charge is 0.494 e. The van der Waals surface area contributed by atoms with Crippen molar-refractivity contribution in [1.82, 2.24) is 0 Å². The third-order valence-corrected chi connectivity index (χ3v) is 11.4. The van der Waals surface area contributed by atoms with Crippen molar-refractivity contribution in [2.24, 2.45) is 0 Å². The Labute approximate surface area is 408 Å². The van der Waals surface area contributed by atoms with E-state index in [1.807, 2.05) is 48.5 Å². The maximum Gasteiger partial charge on any atom is 0.343 e. The van der Waals surface area contributed by atoms with Crippen LogP contribution >= 0.6 is 0 Å².